The summed E-state index contributed by atoms with van der Waals surface area (Å²) < 4.78 is 56.2. The third-order valence-electron chi connectivity index (χ3n) is 8.06. The number of piperidine rings is 1. The number of aromatic nitrogens is 2. The van der Waals surface area contributed by atoms with Crippen molar-refractivity contribution in [2.24, 2.45) is 5.92 Å². The van der Waals surface area contributed by atoms with Crippen LogP contribution in [0.3, 0.4) is 0 Å². The molecule has 0 spiro atoms. The van der Waals surface area contributed by atoms with Crippen molar-refractivity contribution < 1.29 is 31.9 Å². The quantitative estimate of drug-likeness (QED) is 0.440. The number of pyridine rings is 1. The van der Waals surface area contributed by atoms with Crippen LogP contribution in [-0.2, 0) is 4.79 Å². The number of alkyl halides is 3. The van der Waals surface area contributed by atoms with Crippen molar-refractivity contribution >= 4 is 22.8 Å². The van der Waals surface area contributed by atoms with E-state index in [0.717, 1.165) is 49.0 Å². The number of aromatic amines is 1. The maximum absolute atomic E-state index is 15.1. The highest BCUT2D eigenvalue weighted by Gasteiger charge is 2.37. The first-order chi connectivity index (χ1) is 18.7. The molecule has 2 amide bonds. The number of hydrogen-bond donors (Lipinski definition) is 1. The average molecular weight is 545 g/mol. The Morgan fingerprint density at radius 2 is 1.62 bits per heavy atom. The van der Waals surface area contributed by atoms with Gasteiger partial charge in [-0.2, -0.15) is 0 Å². The van der Waals surface area contributed by atoms with Crippen LogP contribution in [0.25, 0.3) is 11.0 Å². The molecule has 1 N–H and O–H groups in total. The van der Waals surface area contributed by atoms with Crippen molar-refractivity contribution in [3.8, 4) is 5.75 Å². The average Bonchev–Trinajstić information content (AvgIpc) is 3.48. The fourth-order valence-electron chi connectivity index (χ4n) is 5.88. The minimum Gasteiger partial charge on any atom is -0.406 e. The van der Waals surface area contributed by atoms with Crippen LogP contribution in [0.15, 0.2) is 36.5 Å². The summed E-state index contributed by atoms with van der Waals surface area (Å²) in [4.78, 5) is 36.6. The number of likely N-dealkylation sites (tertiary alicyclic amines) is 2. The number of ether oxygens (including phenoxy) is 1. The zero-order valence-corrected chi connectivity index (χ0v) is 21.1. The maximum Gasteiger partial charge on any atom is 0.573 e. The summed E-state index contributed by atoms with van der Waals surface area (Å²) in [6, 6.07) is 6.83. The molecular weight excluding hydrogens is 516 g/mol. The Kier molecular flexibility index (Phi) is 6.47. The first-order valence-corrected chi connectivity index (χ1v) is 13.3. The largest absolute Gasteiger partial charge is 0.573 e. The first-order valence-electron chi connectivity index (χ1n) is 13.3. The Morgan fingerprint density at radius 3 is 2.28 bits per heavy atom. The number of halogens is 4. The van der Waals surface area contributed by atoms with Crippen LogP contribution in [0.1, 0.15) is 65.6 Å². The second kappa shape index (κ2) is 9.84. The molecule has 2 aliphatic heterocycles. The van der Waals surface area contributed by atoms with Crippen molar-refractivity contribution in [1.29, 1.82) is 0 Å². The van der Waals surface area contributed by atoms with Gasteiger partial charge in [0.05, 0.1) is 6.20 Å². The van der Waals surface area contributed by atoms with Gasteiger partial charge in [0, 0.05) is 60.2 Å². The Hall–Kier alpha value is -3.63. The molecule has 1 atom stereocenters. The Labute approximate surface area is 222 Å². The summed E-state index contributed by atoms with van der Waals surface area (Å²) in [5.41, 5.74) is 2.43. The summed E-state index contributed by atoms with van der Waals surface area (Å²) in [5.74, 6) is -0.578. The van der Waals surface area contributed by atoms with Gasteiger partial charge < -0.3 is 19.5 Å². The molecule has 11 heteroatoms. The fourth-order valence-corrected chi connectivity index (χ4v) is 5.88. The van der Waals surface area contributed by atoms with Crippen LogP contribution in [0.2, 0.25) is 0 Å². The molecule has 7 nitrogen and oxygen atoms in total. The predicted molar refractivity (Wildman–Crippen MR) is 134 cm³/mol. The van der Waals surface area contributed by atoms with Gasteiger partial charge in [0.2, 0.25) is 5.91 Å². The van der Waals surface area contributed by atoms with Gasteiger partial charge in [-0.3, -0.25) is 9.59 Å². The number of nitrogens with zero attached hydrogens (tertiary/aromatic N) is 3. The van der Waals surface area contributed by atoms with Crippen LogP contribution in [0.4, 0.5) is 17.6 Å². The van der Waals surface area contributed by atoms with E-state index in [1.807, 2.05) is 11.0 Å². The number of benzene rings is 1. The lowest BCUT2D eigenvalue weighted by atomic mass is 9.87. The Balaban J connectivity index is 1.13. The van der Waals surface area contributed by atoms with Gasteiger partial charge in [-0.15, -0.1) is 13.2 Å². The lowest BCUT2D eigenvalue weighted by Crippen LogP contribution is -2.38. The molecule has 206 valence electrons. The standard InChI is InChI=1S/C28H28F4N4O3/c29-22-14-33-25-21(13-23(34-25)19-9-12-36(15-19)27(38)17-1-2-17)24(22)16-7-10-35(11-8-16)26(37)18-3-5-20(6-4-18)39-28(30,31)32/h3-6,13-14,16-17,19H,1-2,7-12,15H2,(H,33,34). The molecule has 3 fully saturated rings. The summed E-state index contributed by atoms with van der Waals surface area (Å²) in [6.07, 6.45) is 0.340. The van der Waals surface area contributed by atoms with E-state index in [9.17, 15) is 22.8 Å². The first kappa shape index (κ1) is 25.6. The molecular formula is C28H28F4N4O3. The summed E-state index contributed by atoms with van der Waals surface area (Å²) in [6.45, 7) is 2.18. The molecule has 1 unspecified atom stereocenters. The van der Waals surface area contributed by atoms with Gasteiger partial charge in [-0.1, -0.05) is 0 Å². The zero-order chi connectivity index (χ0) is 27.3. The third kappa shape index (κ3) is 5.31. The van der Waals surface area contributed by atoms with E-state index in [1.54, 1.807) is 4.90 Å². The molecule has 2 aromatic heterocycles. The molecule has 1 aliphatic carbocycles. The molecule has 0 bridgehead atoms. The Bertz CT molecular complexity index is 1390. The van der Waals surface area contributed by atoms with E-state index < -0.39 is 6.36 Å². The third-order valence-corrected chi connectivity index (χ3v) is 8.06. The normalized spacial score (nSPS) is 20.6. The van der Waals surface area contributed by atoms with Crippen molar-refractivity contribution in [2.45, 2.75) is 50.3 Å². The summed E-state index contributed by atoms with van der Waals surface area (Å²) in [7, 11) is 0. The highest BCUT2D eigenvalue weighted by molar-refractivity contribution is 5.94. The molecule has 1 aromatic carbocycles. The van der Waals surface area contributed by atoms with Gasteiger partial charge in [0.1, 0.15) is 17.2 Å². The topological polar surface area (TPSA) is 78.5 Å². The van der Waals surface area contributed by atoms with Crippen molar-refractivity contribution in [2.75, 3.05) is 26.2 Å². The van der Waals surface area contributed by atoms with Crippen molar-refractivity contribution in [3.05, 3.63) is 59.2 Å². The maximum atomic E-state index is 15.1. The van der Waals surface area contributed by atoms with E-state index in [0.29, 0.717) is 43.7 Å². The number of nitrogens with one attached hydrogen (secondary N) is 1. The van der Waals surface area contributed by atoms with E-state index in [4.69, 9.17) is 0 Å². The SMILES string of the molecule is O=C(c1ccc(OC(F)(F)F)cc1)N1CCC(c2c(F)cnc3[nH]c(C4CCN(C(=O)C5CC5)C4)cc23)CC1. The number of hydrogen-bond acceptors (Lipinski definition) is 4. The van der Waals surface area contributed by atoms with Gasteiger partial charge in [0.15, 0.2) is 0 Å². The van der Waals surface area contributed by atoms with Gasteiger partial charge in [-0.05, 0) is 68.4 Å². The molecule has 4 heterocycles. The highest BCUT2D eigenvalue weighted by Crippen LogP contribution is 2.38. The lowest BCUT2D eigenvalue weighted by molar-refractivity contribution is -0.274. The summed E-state index contributed by atoms with van der Waals surface area (Å²) in [5, 5.41) is 0.738. The fraction of sp³-hybridized carbons (Fsp3) is 0.464. The van der Waals surface area contributed by atoms with Gasteiger partial charge in [0.25, 0.3) is 5.91 Å². The van der Waals surface area contributed by atoms with Crippen LogP contribution in [-0.4, -0.2) is 64.1 Å². The minimum atomic E-state index is -4.80. The Morgan fingerprint density at radius 1 is 0.949 bits per heavy atom. The van der Waals surface area contributed by atoms with Crippen LogP contribution in [0, 0.1) is 11.7 Å². The zero-order valence-electron chi connectivity index (χ0n) is 21.1. The molecule has 3 aliphatic rings. The van der Waals surface area contributed by atoms with Gasteiger partial charge >= 0.3 is 6.36 Å². The molecule has 1 saturated carbocycles. The number of fused-ring (bicyclic) bond motifs is 1. The second-order valence-electron chi connectivity index (χ2n) is 10.7. The van der Waals surface area contributed by atoms with Gasteiger partial charge in [-0.25, -0.2) is 9.37 Å². The van der Waals surface area contributed by atoms with Crippen molar-refractivity contribution in [1.82, 2.24) is 19.8 Å². The number of rotatable bonds is 5. The molecule has 39 heavy (non-hydrogen) atoms. The second-order valence-corrected chi connectivity index (χ2v) is 10.7. The molecule has 6 rings (SSSR count). The van der Waals surface area contributed by atoms with Crippen molar-refractivity contribution in [3.63, 3.8) is 0 Å². The van der Waals surface area contributed by atoms with Crippen LogP contribution >= 0.6 is 0 Å². The molecule has 0 radical (unpaired) electrons. The highest BCUT2D eigenvalue weighted by atomic mass is 19.4. The van der Waals surface area contributed by atoms with Crippen LogP contribution in [0.5, 0.6) is 5.75 Å². The van der Waals surface area contributed by atoms with E-state index >= 15 is 4.39 Å². The monoisotopic (exact) mass is 544 g/mol. The number of amides is 2. The van der Waals surface area contributed by atoms with E-state index in [2.05, 4.69) is 14.7 Å². The lowest BCUT2D eigenvalue weighted by Gasteiger charge is -2.32. The predicted octanol–water partition coefficient (Wildman–Crippen LogP) is 5.35. The van der Waals surface area contributed by atoms with E-state index in [1.165, 1.54) is 18.3 Å². The minimum absolute atomic E-state index is 0.109. The number of carbonyl (C=O) groups is 2. The number of carbonyl (C=O) groups excluding carboxylic acids is 2. The number of H-pyrrole nitrogens is 1. The van der Waals surface area contributed by atoms with E-state index in [-0.39, 0.29) is 46.7 Å². The smallest absolute Gasteiger partial charge is 0.406 e. The van der Waals surface area contributed by atoms with Crippen LogP contribution < -0.4 is 4.74 Å². The summed E-state index contributed by atoms with van der Waals surface area (Å²) >= 11 is 0. The molecule has 2 saturated heterocycles. The molecule has 3 aromatic rings.